The van der Waals surface area contributed by atoms with Crippen molar-refractivity contribution in [1.29, 1.82) is 0 Å². The van der Waals surface area contributed by atoms with Crippen molar-refractivity contribution in [2.75, 3.05) is 11.9 Å². The normalized spacial score (nSPS) is 11.6. The van der Waals surface area contributed by atoms with Gasteiger partial charge < -0.3 is 4.90 Å². The van der Waals surface area contributed by atoms with Gasteiger partial charge in [0.25, 0.3) is 0 Å². The summed E-state index contributed by atoms with van der Waals surface area (Å²) in [5.41, 5.74) is 1.03. The molecule has 0 aliphatic carbocycles. The Bertz CT molecular complexity index is 786. The summed E-state index contributed by atoms with van der Waals surface area (Å²) in [6, 6.07) is 19.0. The van der Waals surface area contributed by atoms with Gasteiger partial charge in [-0.05, 0) is 35.7 Å². The van der Waals surface area contributed by atoms with Crippen molar-refractivity contribution < 1.29 is 13.2 Å². The Morgan fingerprint density at radius 1 is 0.773 bits per heavy atom. The minimum atomic E-state index is -4.31. The summed E-state index contributed by atoms with van der Waals surface area (Å²) < 4.78 is 37.9. The predicted molar refractivity (Wildman–Crippen MR) is 83.5 cm³/mol. The zero-order chi connectivity index (χ0) is 15.7. The summed E-state index contributed by atoms with van der Waals surface area (Å²) in [5, 5.41) is 2.16. The van der Waals surface area contributed by atoms with Crippen LogP contribution in [-0.4, -0.2) is 7.05 Å². The number of nitrogens with zero attached hydrogens (tertiary/aromatic N) is 1. The smallest absolute Gasteiger partial charge is 0.344 e. The molecule has 0 aliphatic heterocycles. The molecule has 0 amide bonds. The summed E-state index contributed by atoms with van der Waals surface area (Å²) in [6.45, 7) is 0. The van der Waals surface area contributed by atoms with Gasteiger partial charge in [0.2, 0.25) is 0 Å². The number of alkyl halides is 3. The molecule has 0 aliphatic rings. The molecule has 0 unspecified atom stereocenters. The molecule has 3 rings (SSSR count). The molecule has 0 fully saturated rings. The van der Waals surface area contributed by atoms with E-state index in [9.17, 15) is 13.2 Å². The van der Waals surface area contributed by atoms with E-state index in [0.717, 1.165) is 28.6 Å². The molecule has 0 atom stereocenters. The Balaban J connectivity index is 2.01. The zero-order valence-electron chi connectivity index (χ0n) is 11.9. The Morgan fingerprint density at radius 3 is 2.09 bits per heavy atom. The van der Waals surface area contributed by atoms with Crippen LogP contribution < -0.4 is 4.90 Å². The second-order valence-electron chi connectivity index (χ2n) is 5.10. The minimum Gasteiger partial charge on any atom is -0.344 e. The molecule has 4 heteroatoms. The molecule has 0 saturated carbocycles. The average Bonchev–Trinajstić information content (AvgIpc) is 2.53. The fourth-order valence-corrected chi connectivity index (χ4v) is 2.51. The molecule has 0 heterocycles. The average molecular weight is 301 g/mol. The van der Waals surface area contributed by atoms with Crippen LogP contribution >= 0.6 is 0 Å². The summed E-state index contributed by atoms with van der Waals surface area (Å²) in [7, 11) is 1.85. The molecular formula is C18H14F3N. The Hall–Kier alpha value is -2.49. The van der Waals surface area contributed by atoms with Crippen LogP contribution in [0.5, 0.6) is 0 Å². The van der Waals surface area contributed by atoms with Crippen molar-refractivity contribution in [3.63, 3.8) is 0 Å². The second-order valence-corrected chi connectivity index (χ2v) is 5.10. The molecule has 1 nitrogen and oxygen atoms in total. The highest BCUT2D eigenvalue weighted by Crippen LogP contribution is 2.34. The quantitative estimate of drug-likeness (QED) is 0.593. The highest BCUT2D eigenvalue weighted by Gasteiger charge is 2.30. The van der Waals surface area contributed by atoms with Gasteiger partial charge in [-0.1, -0.05) is 36.4 Å². The number of halogens is 3. The summed E-state index contributed by atoms with van der Waals surface area (Å²) in [6.07, 6.45) is -4.31. The topological polar surface area (TPSA) is 3.24 Å². The fraction of sp³-hybridized carbons (Fsp3) is 0.111. The summed E-state index contributed by atoms with van der Waals surface area (Å²) in [4.78, 5) is 1.89. The molecule has 0 aromatic heterocycles. The van der Waals surface area contributed by atoms with E-state index in [-0.39, 0.29) is 0 Å². The van der Waals surface area contributed by atoms with Crippen LogP contribution in [0.25, 0.3) is 10.8 Å². The van der Waals surface area contributed by atoms with E-state index in [0.29, 0.717) is 5.69 Å². The first-order valence-corrected chi connectivity index (χ1v) is 6.85. The molecule has 0 spiro atoms. The molecule has 3 aromatic rings. The maximum absolute atomic E-state index is 12.6. The standard InChI is InChI=1S/C18H14F3N/c1-22(15-11-9-14(10-12-15)18(19,20)21)17-8-4-6-13-5-2-3-7-16(13)17/h2-12H,1H3. The lowest BCUT2D eigenvalue weighted by Crippen LogP contribution is -2.11. The van der Waals surface area contributed by atoms with Gasteiger partial charge in [-0.15, -0.1) is 0 Å². The maximum Gasteiger partial charge on any atom is 0.416 e. The Labute approximate surface area is 126 Å². The van der Waals surface area contributed by atoms with Crippen molar-refractivity contribution in [2.45, 2.75) is 6.18 Å². The zero-order valence-corrected chi connectivity index (χ0v) is 11.9. The van der Waals surface area contributed by atoms with Crippen molar-refractivity contribution in [3.05, 3.63) is 72.3 Å². The molecule has 22 heavy (non-hydrogen) atoms. The van der Waals surface area contributed by atoms with E-state index in [1.54, 1.807) is 0 Å². The monoisotopic (exact) mass is 301 g/mol. The summed E-state index contributed by atoms with van der Waals surface area (Å²) in [5.74, 6) is 0. The van der Waals surface area contributed by atoms with Crippen LogP contribution in [0, 0.1) is 0 Å². The van der Waals surface area contributed by atoms with E-state index < -0.39 is 11.7 Å². The predicted octanol–water partition coefficient (Wildman–Crippen LogP) is 5.63. The third-order valence-corrected chi connectivity index (χ3v) is 3.71. The van der Waals surface area contributed by atoms with Crippen molar-refractivity contribution in [2.24, 2.45) is 0 Å². The van der Waals surface area contributed by atoms with Gasteiger partial charge in [-0.2, -0.15) is 13.2 Å². The van der Waals surface area contributed by atoms with Gasteiger partial charge in [0.1, 0.15) is 0 Å². The fourth-order valence-electron chi connectivity index (χ4n) is 2.51. The van der Waals surface area contributed by atoms with Crippen LogP contribution in [0.4, 0.5) is 24.5 Å². The van der Waals surface area contributed by atoms with Crippen LogP contribution in [0.3, 0.4) is 0 Å². The molecule has 112 valence electrons. The lowest BCUT2D eigenvalue weighted by molar-refractivity contribution is -0.137. The minimum absolute atomic E-state index is 0.637. The molecular weight excluding hydrogens is 287 g/mol. The highest BCUT2D eigenvalue weighted by molar-refractivity contribution is 5.95. The van der Waals surface area contributed by atoms with Crippen LogP contribution in [0.2, 0.25) is 0 Å². The third kappa shape index (κ3) is 2.64. The molecule has 0 radical (unpaired) electrons. The highest BCUT2D eigenvalue weighted by atomic mass is 19.4. The molecule has 0 saturated heterocycles. The number of anilines is 2. The van der Waals surface area contributed by atoms with E-state index in [1.165, 1.54) is 12.1 Å². The van der Waals surface area contributed by atoms with Gasteiger partial charge in [0.15, 0.2) is 0 Å². The first-order valence-electron chi connectivity index (χ1n) is 6.85. The van der Waals surface area contributed by atoms with Gasteiger partial charge in [-0.3, -0.25) is 0 Å². The van der Waals surface area contributed by atoms with Gasteiger partial charge >= 0.3 is 6.18 Å². The number of hydrogen-bond acceptors (Lipinski definition) is 1. The number of fused-ring (bicyclic) bond motifs is 1. The largest absolute Gasteiger partial charge is 0.416 e. The Morgan fingerprint density at radius 2 is 1.41 bits per heavy atom. The molecule has 3 aromatic carbocycles. The van der Waals surface area contributed by atoms with Crippen molar-refractivity contribution in [3.8, 4) is 0 Å². The van der Waals surface area contributed by atoms with Crippen LogP contribution in [0.15, 0.2) is 66.7 Å². The Kier molecular flexibility index (Phi) is 3.53. The maximum atomic E-state index is 12.6. The molecule has 0 N–H and O–H groups in total. The first-order chi connectivity index (χ1) is 10.5. The van der Waals surface area contributed by atoms with Crippen LogP contribution in [-0.2, 0) is 6.18 Å². The van der Waals surface area contributed by atoms with E-state index in [4.69, 9.17) is 0 Å². The molecule has 0 bridgehead atoms. The number of hydrogen-bond donors (Lipinski definition) is 0. The lowest BCUT2D eigenvalue weighted by Gasteiger charge is -2.22. The van der Waals surface area contributed by atoms with Gasteiger partial charge in [0.05, 0.1) is 5.56 Å². The lowest BCUT2D eigenvalue weighted by atomic mass is 10.1. The van der Waals surface area contributed by atoms with E-state index in [1.807, 2.05) is 54.4 Å². The number of rotatable bonds is 2. The van der Waals surface area contributed by atoms with Gasteiger partial charge in [-0.25, -0.2) is 0 Å². The first kappa shape index (κ1) is 14.4. The van der Waals surface area contributed by atoms with Crippen molar-refractivity contribution in [1.82, 2.24) is 0 Å². The van der Waals surface area contributed by atoms with E-state index >= 15 is 0 Å². The second kappa shape index (κ2) is 5.37. The SMILES string of the molecule is CN(c1ccc(C(F)(F)F)cc1)c1cccc2ccccc12. The van der Waals surface area contributed by atoms with E-state index in [2.05, 4.69) is 0 Å². The van der Waals surface area contributed by atoms with Crippen LogP contribution in [0.1, 0.15) is 5.56 Å². The number of benzene rings is 3. The third-order valence-electron chi connectivity index (χ3n) is 3.71. The van der Waals surface area contributed by atoms with Crippen molar-refractivity contribution >= 4 is 22.1 Å². The van der Waals surface area contributed by atoms with Gasteiger partial charge in [0, 0.05) is 23.8 Å². The summed E-state index contributed by atoms with van der Waals surface area (Å²) >= 11 is 0.